The summed E-state index contributed by atoms with van der Waals surface area (Å²) in [6, 6.07) is 11.1. The molecule has 0 aliphatic carbocycles. The van der Waals surface area contributed by atoms with E-state index in [1.165, 1.54) is 86.8 Å². The number of pyridine rings is 1. The summed E-state index contributed by atoms with van der Waals surface area (Å²) >= 11 is 5.72. The largest absolute Gasteiger partial charge is 0.357 e. The molecule has 156 valence electrons. The third-order valence-corrected chi connectivity index (χ3v) is 6.80. The number of nitrogens with zero attached hydrogens (tertiary/aromatic N) is 3. The highest BCUT2D eigenvalue weighted by atomic mass is 32.1. The molecule has 0 N–H and O–H groups in total. The van der Waals surface area contributed by atoms with Crippen molar-refractivity contribution in [2.45, 2.75) is 64.2 Å². The maximum absolute atomic E-state index is 5.72. The Balaban J connectivity index is 1.30. The van der Waals surface area contributed by atoms with E-state index in [4.69, 9.17) is 17.2 Å². The van der Waals surface area contributed by atoms with Crippen LogP contribution in [-0.4, -0.2) is 47.5 Å². The lowest BCUT2D eigenvalue weighted by Crippen LogP contribution is -2.30. The third-order valence-electron chi connectivity index (χ3n) is 6.45. The van der Waals surface area contributed by atoms with Crippen molar-refractivity contribution in [1.29, 1.82) is 0 Å². The van der Waals surface area contributed by atoms with E-state index in [2.05, 4.69) is 40.1 Å². The van der Waals surface area contributed by atoms with Crippen LogP contribution in [0.3, 0.4) is 0 Å². The second kappa shape index (κ2) is 10.5. The van der Waals surface area contributed by atoms with Crippen LogP contribution in [0, 0.1) is 0 Å². The Morgan fingerprint density at radius 2 is 1.59 bits per heavy atom. The fraction of sp³-hybridized carbons (Fsp3) is 0.600. The van der Waals surface area contributed by atoms with Gasteiger partial charge in [0.25, 0.3) is 0 Å². The summed E-state index contributed by atoms with van der Waals surface area (Å²) in [6.07, 6.45) is 12.7. The summed E-state index contributed by atoms with van der Waals surface area (Å²) in [5.74, 6) is 1.13. The van der Waals surface area contributed by atoms with Crippen molar-refractivity contribution in [3.8, 4) is 0 Å². The lowest BCUT2D eigenvalue weighted by atomic mass is 10.0. The van der Waals surface area contributed by atoms with Crippen LogP contribution in [0.4, 0.5) is 5.82 Å². The van der Waals surface area contributed by atoms with Gasteiger partial charge in [-0.15, -0.1) is 0 Å². The van der Waals surface area contributed by atoms with Gasteiger partial charge in [0.05, 0.1) is 5.52 Å². The molecule has 0 atom stereocenters. The normalized spacial score (nSPS) is 18.7. The molecule has 29 heavy (non-hydrogen) atoms. The minimum atomic E-state index is 0.916. The molecule has 0 spiro atoms. The van der Waals surface area contributed by atoms with Gasteiger partial charge in [-0.1, -0.05) is 31.1 Å². The molecule has 3 nitrogen and oxygen atoms in total. The van der Waals surface area contributed by atoms with Gasteiger partial charge in [0, 0.05) is 24.9 Å². The summed E-state index contributed by atoms with van der Waals surface area (Å²) in [4.78, 5) is 11.2. The molecule has 4 heteroatoms. The predicted octanol–water partition coefficient (Wildman–Crippen LogP) is 5.79. The quantitative estimate of drug-likeness (QED) is 0.539. The van der Waals surface area contributed by atoms with Crippen LogP contribution >= 0.6 is 12.2 Å². The first-order chi connectivity index (χ1) is 14.3. The molecule has 2 aromatic rings. The first kappa shape index (κ1) is 20.7. The van der Waals surface area contributed by atoms with Crippen molar-refractivity contribution in [3.05, 3.63) is 35.9 Å². The minimum absolute atomic E-state index is 0.916. The summed E-state index contributed by atoms with van der Waals surface area (Å²) in [6.45, 7) is 6.05. The number of hydrogen-bond acceptors (Lipinski definition) is 4. The molecule has 3 heterocycles. The zero-order valence-electron chi connectivity index (χ0n) is 17.7. The van der Waals surface area contributed by atoms with Crippen molar-refractivity contribution in [2.24, 2.45) is 0 Å². The Kier molecular flexibility index (Phi) is 7.50. The van der Waals surface area contributed by atoms with Crippen LogP contribution in [0.2, 0.25) is 0 Å². The van der Waals surface area contributed by atoms with E-state index in [9.17, 15) is 0 Å². The molecule has 1 aromatic heterocycles. The Morgan fingerprint density at radius 3 is 2.38 bits per heavy atom. The second-order valence-corrected chi connectivity index (χ2v) is 9.40. The van der Waals surface area contributed by atoms with Gasteiger partial charge in [0.15, 0.2) is 0 Å². The molecule has 0 amide bonds. The highest BCUT2D eigenvalue weighted by Crippen LogP contribution is 2.23. The average Bonchev–Trinajstić information content (AvgIpc) is 3.03. The van der Waals surface area contributed by atoms with Crippen molar-refractivity contribution in [3.63, 3.8) is 0 Å². The van der Waals surface area contributed by atoms with Gasteiger partial charge < -0.3 is 9.80 Å². The number of likely N-dealkylation sites (tertiary alicyclic amines) is 1. The molecular weight excluding hydrogens is 374 g/mol. The third kappa shape index (κ3) is 5.99. The van der Waals surface area contributed by atoms with Gasteiger partial charge in [-0.25, -0.2) is 4.98 Å². The predicted molar refractivity (Wildman–Crippen MR) is 128 cm³/mol. The summed E-state index contributed by atoms with van der Waals surface area (Å²) in [5.41, 5.74) is 2.42. The summed E-state index contributed by atoms with van der Waals surface area (Å²) < 4.78 is 0. The molecule has 2 saturated heterocycles. The van der Waals surface area contributed by atoms with E-state index in [0.29, 0.717) is 0 Å². The van der Waals surface area contributed by atoms with Crippen molar-refractivity contribution in [2.75, 3.05) is 37.6 Å². The maximum atomic E-state index is 5.72. The highest BCUT2D eigenvalue weighted by Gasteiger charge is 2.13. The Bertz CT molecular complexity index is 805. The standard InChI is InChI=1S/C25H35N3S/c29-23(9-8-16-27-14-4-1-2-5-15-27)20-21-10-12-24-22(19-21)11-13-25(26-24)28-17-6-3-7-18-28/h10-13,19H,1-9,14-18,20H2. The number of hydrogen-bond donors (Lipinski definition) is 0. The first-order valence-electron chi connectivity index (χ1n) is 11.7. The van der Waals surface area contributed by atoms with E-state index in [-0.39, 0.29) is 0 Å². The topological polar surface area (TPSA) is 19.4 Å². The van der Waals surface area contributed by atoms with Crippen LogP contribution in [0.1, 0.15) is 63.4 Å². The van der Waals surface area contributed by atoms with E-state index in [0.717, 1.165) is 37.3 Å². The SMILES string of the molecule is S=C(CCCN1CCCCCC1)Cc1ccc2nc(N3CCCCC3)ccc2c1. The summed E-state index contributed by atoms with van der Waals surface area (Å²) in [5, 5.41) is 1.23. The highest BCUT2D eigenvalue weighted by molar-refractivity contribution is 7.80. The van der Waals surface area contributed by atoms with E-state index in [1.807, 2.05) is 0 Å². The molecule has 4 rings (SSSR count). The number of thiocarbonyl (C=S) groups is 1. The zero-order chi connectivity index (χ0) is 19.9. The average molecular weight is 410 g/mol. The number of rotatable bonds is 7. The van der Waals surface area contributed by atoms with Gasteiger partial charge in [0.1, 0.15) is 5.82 Å². The Labute approximate surface area is 181 Å². The van der Waals surface area contributed by atoms with Crippen LogP contribution in [0.15, 0.2) is 30.3 Å². The number of aromatic nitrogens is 1. The van der Waals surface area contributed by atoms with E-state index in [1.54, 1.807) is 0 Å². The first-order valence-corrected chi connectivity index (χ1v) is 12.1. The molecule has 0 saturated carbocycles. The molecule has 2 aliphatic heterocycles. The van der Waals surface area contributed by atoms with E-state index < -0.39 is 0 Å². The van der Waals surface area contributed by atoms with Gasteiger partial charge in [0.2, 0.25) is 0 Å². The molecule has 0 radical (unpaired) electrons. The molecule has 1 aromatic carbocycles. The maximum Gasteiger partial charge on any atom is 0.129 e. The molecule has 2 aliphatic rings. The van der Waals surface area contributed by atoms with Gasteiger partial charge in [-0.3, -0.25) is 0 Å². The number of anilines is 1. The van der Waals surface area contributed by atoms with Gasteiger partial charge in [-0.05, 0) is 99.3 Å². The molecule has 0 unspecified atom stereocenters. The van der Waals surface area contributed by atoms with Crippen LogP contribution in [0.5, 0.6) is 0 Å². The van der Waals surface area contributed by atoms with Crippen molar-refractivity contribution < 1.29 is 0 Å². The Morgan fingerprint density at radius 1 is 0.862 bits per heavy atom. The van der Waals surface area contributed by atoms with Crippen molar-refractivity contribution >= 4 is 33.8 Å². The monoisotopic (exact) mass is 409 g/mol. The fourth-order valence-electron chi connectivity index (χ4n) is 4.75. The molecule has 0 bridgehead atoms. The molecular formula is C25H35N3S. The lowest BCUT2D eigenvalue weighted by Gasteiger charge is -2.27. The second-order valence-electron chi connectivity index (χ2n) is 8.82. The number of fused-ring (bicyclic) bond motifs is 1. The summed E-state index contributed by atoms with van der Waals surface area (Å²) in [7, 11) is 0. The van der Waals surface area contributed by atoms with Crippen LogP contribution in [-0.2, 0) is 6.42 Å². The minimum Gasteiger partial charge on any atom is -0.357 e. The zero-order valence-corrected chi connectivity index (χ0v) is 18.6. The van der Waals surface area contributed by atoms with Crippen molar-refractivity contribution in [1.82, 2.24) is 9.88 Å². The Hall–Kier alpha value is -1.52. The lowest BCUT2D eigenvalue weighted by molar-refractivity contribution is 0.283. The van der Waals surface area contributed by atoms with Gasteiger partial charge >= 0.3 is 0 Å². The fourth-order valence-corrected chi connectivity index (χ4v) is 5.06. The number of piperidine rings is 1. The van der Waals surface area contributed by atoms with E-state index >= 15 is 0 Å². The van der Waals surface area contributed by atoms with Gasteiger partial charge in [-0.2, -0.15) is 0 Å². The van der Waals surface area contributed by atoms with Crippen LogP contribution in [0.25, 0.3) is 10.9 Å². The molecule has 2 fully saturated rings. The smallest absolute Gasteiger partial charge is 0.129 e. The van der Waals surface area contributed by atoms with Crippen LogP contribution < -0.4 is 4.90 Å². The number of benzene rings is 1.